The zero-order chi connectivity index (χ0) is 17.6. The number of aliphatic hydroxyl groups is 1. The summed E-state index contributed by atoms with van der Waals surface area (Å²) in [5.41, 5.74) is 6.33. The molecule has 1 heterocycles. The van der Waals surface area contributed by atoms with Gasteiger partial charge in [0.25, 0.3) is 8.32 Å². The topological polar surface area (TPSA) is 55.5 Å². The molecule has 3 rings (SSSR count). The van der Waals surface area contributed by atoms with Crippen molar-refractivity contribution in [1.82, 2.24) is 0 Å². The van der Waals surface area contributed by atoms with Gasteiger partial charge in [0, 0.05) is 11.6 Å². The molecule has 4 heteroatoms. The molecule has 0 saturated heterocycles. The van der Waals surface area contributed by atoms with Crippen molar-refractivity contribution in [2.75, 3.05) is 6.54 Å². The fourth-order valence-corrected chi connectivity index (χ4v) is 9.21. The highest BCUT2D eigenvalue weighted by Gasteiger charge is 2.64. The summed E-state index contributed by atoms with van der Waals surface area (Å²) >= 11 is 0. The van der Waals surface area contributed by atoms with Gasteiger partial charge in [-0.1, -0.05) is 68.4 Å². The third-order valence-electron chi connectivity index (χ3n) is 5.36. The zero-order valence-corrected chi connectivity index (χ0v) is 15.9. The van der Waals surface area contributed by atoms with Gasteiger partial charge in [-0.3, -0.25) is 0 Å². The van der Waals surface area contributed by atoms with E-state index in [4.69, 9.17) is 10.2 Å². The summed E-state index contributed by atoms with van der Waals surface area (Å²) in [5, 5.41) is 13.0. The maximum absolute atomic E-state index is 10.5. The molecule has 1 aliphatic rings. The van der Waals surface area contributed by atoms with Crippen molar-refractivity contribution in [3.63, 3.8) is 0 Å². The number of nitrogens with two attached hydrogens (primary N) is 1. The molecule has 3 N–H and O–H groups in total. The highest BCUT2D eigenvalue weighted by molar-refractivity contribution is 7.03. The number of fused-ring (bicyclic) bond motifs is 1. The largest absolute Gasteiger partial charge is 0.400 e. The van der Waals surface area contributed by atoms with Crippen molar-refractivity contribution in [1.29, 1.82) is 0 Å². The molecule has 0 aromatic heterocycles. The maximum Gasteiger partial charge on any atom is 0.266 e. The highest BCUT2D eigenvalue weighted by atomic mass is 28.4. The quantitative estimate of drug-likeness (QED) is 0.814. The minimum atomic E-state index is -2.50. The predicted octanol–water partition coefficient (Wildman–Crippen LogP) is 1.69. The van der Waals surface area contributed by atoms with E-state index < -0.39 is 20.0 Å². The van der Waals surface area contributed by atoms with Gasteiger partial charge in [0.1, 0.15) is 0 Å². The lowest BCUT2D eigenvalue weighted by atomic mass is 10.00. The van der Waals surface area contributed by atoms with Gasteiger partial charge < -0.3 is 15.3 Å². The van der Waals surface area contributed by atoms with Gasteiger partial charge in [0.05, 0.1) is 11.7 Å². The van der Waals surface area contributed by atoms with E-state index in [1.54, 1.807) is 13.8 Å². The molecule has 3 nitrogen and oxygen atoms in total. The van der Waals surface area contributed by atoms with Gasteiger partial charge >= 0.3 is 0 Å². The molecule has 2 aromatic rings. The van der Waals surface area contributed by atoms with Crippen LogP contribution in [0.2, 0.25) is 0 Å². The monoisotopic (exact) mass is 341 g/mol. The Balaban J connectivity index is 2.19. The van der Waals surface area contributed by atoms with Gasteiger partial charge in [-0.2, -0.15) is 0 Å². The Kier molecular flexibility index (Phi) is 4.20. The minimum absolute atomic E-state index is 0.0797. The van der Waals surface area contributed by atoms with Crippen LogP contribution in [-0.4, -0.2) is 31.7 Å². The van der Waals surface area contributed by atoms with Crippen LogP contribution in [0.15, 0.2) is 54.6 Å². The van der Waals surface area contributed by atoms with Crippen molar-refractivity contribution in [3.8, 4) is 0 Å². The van der Waals surface area contributed by atoms with Crippen LogP contribution in [0.3, 0.4) is 0 Å². The van der Waals surface area contributed by atoms with E-state index in [9.17, 15) is 5.11 Å². The van der Waals surface area contributed by atoms with Crippen molar-refractivity contribution < 1.29 is 9.53 Å². The third kappa shape index (κ3) is 2.37. The molecule has 0 aliphatic carbocycles. The normalized spacial score (nSPS) is 23.2. The molecule has 2 unspecified atom stereocenters. The van der Waals surface area contributed by atoms with Crippen LogP contribution in [0.1, 0.15) is 33.3 Å². The van der Waals surface area contributed by atoms with E-state index in [1.165, 1.54) is 15.9 Å². The van der Waals surface area contributed by atoms with Crippen LogP contribution in [0, 0.1) is 0 Å². The summed E-state index contributed by atoms with van der Waals surface area (Å²) in [5.74, 6) is 0. The summed E-state index contributed by atoms with van der Waals surface area (Å²) in [7, 11) is -2.50. The molecule has 0 fully saturated rings. The standard InChI is InChI=1S/C20H27NO2Si/c1-19(2,22)18(14-21)23-24(15-10-6-5-7-11-15)17-13-9-8-12-16(17)20(24,3)4/h5-13,18,22H,14,21H2,1-4H3. The molecule has 0 radical (unpaired) electrons. The maximum atomic E-state index is 10.5. The van der Waals surface area contributed by atoms with Crippen molar-refractivity contribution >= 4 is 18.7 Å². The second kappa shape index (κ2) is 5.81. The molecular formula is C20H27NO2Si. The van der Waals surface area contributed by atoms with E-state index in [0.29, 0.717) is 6.54 Å². The third-order valence-corrected chi connectivity index (χ3v) is 10.4. The lowest BCUT2D eigenvalue weighted by Gasteiger charge is -2.57. The molecule has 2 aromatic carbocycles. The first-order chi connectivity index (χ1) is 11.2. The van der Waals surface area contributed by atoms with Gasteiger partial charge in [0.2, 0.25) is 0 Å². The Labute approximate surface area is 145 Å². The molecule has 0 spiro atoms. The predicted molar refractivity (Wildman–Crippen MR) is 101 cm³/mol. The average Bonchev–Trinajstić information content (AvgIpc) is 2.55. The first-order valence-electron chi connectivity index (χ1n) is 8.51. The Morgan fingerprint density at radius 1 is 1.08 bits per heavy atom. The Hall–Kier alpha value is -1.46. The molecule has 0 bridgehead atoms. The Morgan fingerprint density at radius 2 is 1.67 bits per heavy atom. The van der Waals surface area contributed by atoms with Crippen LogP contribution in [0.5, 0.6) is 0 Å². The van der Waals surface area contributed by atoms with Crippen molar-refractivity contribution in [2.45, 2.75) is 44.4 Å². The van der Waals surface area contributed by atoms with Crippen molar-refractivity contribution in [3.05, 3.63) is 60.2 Å². The SMILES string of the molecule is CC(C)(O)C(CN)O[Si]1(c2ccccc2)c2ccccc2C1(C)C. The van der Waals surface area contributed by atoms with Gasteiger partial charge in [-0.25, -0.2) is 0 Å². The molecule has 2 atom stereocenters. The van der Waals surface area contributed by atoms with Crippen LogP contribution in [0.25, 0.3) is 0 Å². The summed E-state index contributed by atoms with van der Waals surface area (Å²) in [6.45, 7) is 8.35. The first-order valence-corrected chi connectivity index (χ1v) is 10.4. The number of hydrogen-bond acceptors (Lipinski definition) is 3. The minimum Gasteiger partial charge on any atom is -0.400 e. The fourth-order valence-electron chi connectivity index (χ4n) is 3.96. The highest BCUT2D eigenvalue weighted by Crippen LogP contribution is 2.43. The van der Waals surface area contributed by atoms with E-state index in [-0.39, 0.29) is 5.04 Å². The smallest absolute Gasteiger partial charge is 0.266 e. The molecule has 24 heavy (non-hydrogen) atoms. The number of hydrogen-bond donors (Lipinski definition) is 2. The second-order valence-corrected chi connectivity index (χ2v) is 11.7. The lowest BCUT2D eigenvalue weighted by molar-refractivity contribution is -0.0344. The second-order valence-electron chi connectivity index (χ2n) is 7.71. The van der Waals surface area contributed by atoms with E-state index in [0.717, 1.165) is 0 Å². The zero-order valence-electron chi connectivity index (χ0n) is 14.9. The Morgan fingerprint density at radius 3 is 2.25 bits per heavy atom. The average molecular weight is 342 g/mol. The Bertz CT molecular complexity index is 724. The van der Waals surface area contributed by atoms with E-state index in [2.05, 4.69) is 62.4 Å². The molecule has 0 amide bonds. The van der Waals surface area contributed by atoms with Crippen LogP contribution in [-0.2, 0) is 9.46 Å². The molecule has 1 aliphatic heterocycles. The van der Waals surface area contributed by atoms with Crippen LogP contribution >= 0.6 is 0 Å². The van der Waals surface area contributed by atoms with E-state index in [1.807, 2.05) is 6.07 Å². The van der Waals surface area contributed by atoms with Gasteiger partial charge in [0.15, 0.2) is 0 Å². The van der Waals surface area contributed by atoms with Crippen molar-refractivity contribution in [2.24, 2.45) is 5.73 Å². The number of rotatable bonds is 5. The van der Waals surface area contributed by atoms with Crippen LogP contribution < -0.4 is 16.1 Å². The van der Waals surface area contributed by atoms with E-state index >= 15 is 0 Å². The summed E-state index contributed by atoms with van der Waals surface area (Å²) in [4.78, 5) is 0. The summed E-state index contributed by atoms with van der Waals surface area (Å²) < 4.78 is 6.78. The molecule has 0 saturated carbocycles. The number of benzene rings is 2. The molecule has 128 valence electrons. The lowest BCUT2D eigenvalue weighted by Crippen LogP contribution is -2.82. The fraction of sp³-hybridized carbons (Fsp3) is 0.400. The van der Waals surface area contributed by atoms with Gasteiger partial charge in [-0.15, -0.1) is 0 Å². The van der Waals surface area contributed by atoms with Gasteiger partial charge in [-0.05, 0) is 29.8 Å². The molecular weight excluding hydrogens is 314 g/mol. The van der Waals surface area contributed by atoms with Crippen LogP contribution in [0.4, 0.5) is 0 Å². The summed E-state index contributed by atoms with van der Waals surface area (Å²) in [6.07, 6.45) is -0.406. The first kappa shape index (κ1) is 17.4. The summed E-state index contributed by atoms with van der Waals surface area (Å²) in [6, 6.07) is 19.0.